The molecule has 0 saturated carbocycles. The highest BCUT2D eigenvalue weighted by molar-refractivity contribution is 5.91. The molecule has 0 aliphatic carbocycles. The number of hydrogen-bond donors (Lipinski definition) is 1. The Morgan fingerprint density at radius 3 is 2.53 bits per heavy atom. The summed E-state index contributed by atoms with van der Waals surface area (Å²) in [7, 11) is 1.86. The van der Waals surface area contributed by atoms with Crippen molar-refractivity contribution < 1.29 is 9.90 Å². The van der Waals surface area contributed by atoms with Crippen molar-refractivity contribution in [2.24, 2.45) is 7.05 Å². The van der Waals surface area contributed by atoms with E-state index in [9.17, 15) is 9.90 Å². The van der Waals surface area contributed by atoms with E-state index in [4.69, 9.17) is 4.98 Å². The molecule has 0 atom stereocenters. The highest BCUT2D eigenvalue weighted by Crippen LogP contribution is 2.26. The van der Waals surface area contributed by atoms with Crippen LogP contribution >= 0.6 is 0 Å². The van der Waals surface area contributed by atoms with Gasteiger partial charge in [0, 0.05) is 44.3 Å². The molecule has 0 unspecified atom stereocenters. The molecule has 0 fully saturated rings. The lowest BCUT2D eigenvalue weighted by Crippen LogP contribution is -2.22. The molecule has 154 valence electrons. The number of aryl methyl sites for hydroxylation is 1. The quantitative estimate of drug-likeness (QED) is 0.504. The second-order valence-electron chi connectivity index (χ2n) is 6.95. The summed E-state index contributed by atoms with van der Waals surface area (Å²) in [5.74, 6) is 0.544. The summed E-state index contributed by atoms with van der Waals surface area (Å²) in [6.45, 7) is 6.41. The van der Waals surface area contributed by atoms with Gasteiger partial charge >= 0.3 is 5.97 Å². The predicted molar refractivity (Wildman–Crippen MR) is 114 cm³/mol. The Bertz CT molecular complexity index is 1190. The van der Waals surface area contributed by atoms with Crippen molar-refractivity contribution in [1.29, 1.82) is 0 Å². The number of anilines is 1. The van der Waals surface area contributed by atoms with E-state index in [0.717, 1.165) is 30.2 Å². The average Bonchev–Trinajstić information content (AvgIpc) is 3.32. The van der Waals surface area contributed by atoms with Crippen LogP contribution in [0.5, 0.6) is 0 Å². The fourth-order valence-corrected chi connectivity index (χ4v) is 3.46. The maximum Gasteiger partial charge on any atom is 0.337 e. The van der Waals surface area contributed by atoms with Gasteiger partial charge in [-0.25, -0.2) is 19.7 Å². The molecule has 4 aromatic heterocycles. The number of fused-ring (bicyclic) bond motifs is 1. The number of hydrogen-bond acceptors (Lipinski definition) is 6. The molecule has 0 bridgehead atoms. The summed E-state index contributed by atoms with van der Waals surface area (Å²) in [6, 6.07) is 7.43. The Balaban J connectivity index is 1.82. The van der Waals surface area contributed by atoms with Crippen molar-refractivity contribution in [2.75, 3.05) is 18.0 Å². The number of aromatic nitrogens is 6. The standard InChI is InChI=1S/C21H23N7O2/c1-4-27(5-2)18-7-6-14(11-22-18)19-24-17-10-15(21(29)30)12-23-20(17)28(19)13-16-8-9-26(3)25-16/h6-12H,4-5,13H2,1-3H3,(H,29,30). The lowest BCUT2D eigenvalue weighted by molar-refractivity contribution is 0.0696. The maximum atomic E-state index is 11.4. The Labute approximate surface area is 173 Å². The number of imidazole rings is 1. The summed E-state index contributed by atoms with van der Waals surface area (Å²) < 4.78 is 3.68. The van der Waals surface area contributed by atoms with Gasteiger partial charge in [0.1, 0.15) is 17.2 Å². The van der Waals surface area contributed by atoms with Crippen LogP contribution in [0.15, 0.2) is 42.9 Å². The van der Waals surface area contributed by atoms with Gasteiger partial charge in [-0.3, -0.25) is 4.68 Å². The van der Waals surface area contributed by atoms with Crippen LogP contribution in [-0.2, 0) is 13.6 Å². The van der Waals surface area contributed by atoms with Crippen molar-refractivity contribution in [3.8, 4) is 11.4 Å². The molecular weight excluding hydrogens is 382 g/mol. The summed E-state index contributed by atoms with van der Waals surface area (Å²) in [6.07, 6.45) is 5.03. The van der Waals surface area contributed by atoms with Crippen LogP contribution in [0.25, 0.3) is 22.6 Å². The van der Waals surface area contributed by atoms with Gasteiger partial charge in [0.15, 0.2) is 5.65 Å². The summed E-state index contributed by atoms with van der Waals surface area (Å²) >= 11 is 0. The van der Waals surface area contributed by atoms with Crippen LogP contribution in [0.1, 0.15) is 29.9 Å². The Kier molecular flexibility index (Phi) is 5.18. The highest BCUT2D eigenvalue weighted by Gasteiger charge is 2.17. The molecule has 0 aromatic carbocycles. The predicted octanol–water partition coefficient (Wildman–Crippen LogP) is 2.82. The molecule has 0 spiro atoms. The number of nitrogens with zero attached hydrogens (tertiary/aromatic N) is 7. The number of rotatable bonds is 7. The fraction of sp³-hybridized carbons (Fsp3) is 0.286. The van der Waals surface area contributed by atoms with E-state index in [2.05, 4.69) is 33.8 Å². The summed E-state index contributed by atoms with van der Waals surface area (Å²) in [5, 5.41) is 13.8. The third kappa shape index (κ3) is 3.61. The minimum Gasteiger partial charge on any atom is -0.478 e. The van der Waals surface area contributed by atoms with Crippen molar-refractivity contribution in [2.45, 2.75) is 20.4 Å². The molecular formula is C21H23N7O2. The van der Waals surface area contributed by atoms with Crippen LogP contribution in [0, 0.1) is 0 Å². The molecule has 9 heteroatoms. The van der Waals surface area contributed by atoms with E-state index in [1.165, 1.54) is 6.20 Å². The zero-order valence-corrected chi connectivity index (χ0v) is 17.1. The van der Waals surface area contributed by atoms with Crippen LogP contribution in [0.3, 0.4) is 0 Å². The normalized spacial score (nSPS) is 11.2. The molecule has 0 amide bonds. The van der Waals surface area contributed by atoms with E-state index in [1.807, 2.05) is 36.0 Å². The van der Waals surface area contributed by atoms with Gasteiger partial charge in [-0.1, -0.05) is 0 Å². The number of carboxylic acid groups (broad SMARTS) is 1. The summed E-state index contributed by atoms with van der Waals surface area (Å²) in [4.78, 5) is 27.2. The minimum atomic E-state index is -1.03. The zero-order chi connectivity index (χ0) is 21.3. The first kappa shape index (κ1) is 19.6. The second-order valence-corrected chi connectivity index (χ2v) is 6.95. The SMILES string of the molecule is CCN(CC)c1ccc(-c2nc3cc(C(=O)O)cnc3n2Cc2ccn(C)n2)cn1. The first-order valence-corrected chi connectivity index (χ1v) is 9.79. The maximum absolute atomic E-state index is 11.4. The molecule has 0 aliphatic heterocycles. The third-order valence-corrected chi connectivity index (χ3v) is 5.01. The minimum absolute atomic E-state index is 0.103. The van der Waals surface area contributed by atoms with Crippen molar-refractivity contribution in [3.05, 3.63) is 54.1 Å². The van der Waals surface area contributed by atoms with Crippen LogP contribution in [0.4, 0.5) is 5.82 Å². The van der Waals surface area contributed by atoms with Gasteiger partial charge < -0.3 is 14.6 Å². The zero-order valence-electron chi connectivity index (χ0n) is 17.1. The molecule has 4 aromatic rings. The Hall–Kier alpha value is -3.75. The Morgan fingerprint density at radius 1 is 1.13 bits per heavy atom. The monoisotopic (exact) mass is 405 g/mol. The third-order valence-electron chi connectivity index (χ3n) is 5.01. The van der Waals surface area contributed by atoms with E-state index >= 15 is 0 Å². The molecule has 30 heavy (non-hydrogen) atoms. The first-order valence-electron chi connectivity index (χ1n) is 9.79. The Morgan fingerprint density at radius 2 is 1.93 bits per heavy atom. The van der Waals surface area contributed by atoms with Crippen LogP contribution in [-0.4, -0.2) is 53.5 Å². The van der Waals surface area contributed by atoms with Gasteiger partial charge in [0.2, 0.25) is 0 Å². The average molecular weight is 405 g/mol. The smallest absolute Gasteiger partial charge is 0.337 e. The highest BCUT2D eigenvalue weighted by atomic mass is 16.4. The van der Waals surface area contributed by atoms with E-state index < -0.39 is 5.97 Å². The van der Waals surface area contributed by atoms with Gasteiger partial charge in [0.05, 0.1) is 17.8 Å². The lowest BCUT2D eigenvalue weighted by atomic mass is 10.2. The lowest BCUT2D eigenvalue weighted by Gasteiger charge is -2.19. The van der Waals surface area contributed by atoms with Gasteiger partial charge in [-0.2, -0.15) is 5.10 Å². The molecule has 0 aliphatic rings. The van der Waals surface area contributed by atoms with Crippen molar-refractivity contribution >= 4 is 23.0 Å². The topological polar surface area (TPSA) is 102 Å². The second kappa shape index (κ2) is 7.94. The largest absolute Gasteiger partial charge is 0.478 e. The number of carboxylic acids is 1. The number of pyridine rings is 2. The van der Waals surface area contributed by atoms with E-state index in [1.54, 1.807) is 16.9 Å². The van der Waals surface area contributed by atoms with Crippen molar-refractivity contribution in [3.63, 3.8) is 0 Å². The molecule has 1 N–H and O–H groups in total. The molecule has 4 heterocycles. The molecule has 4 rings (SSSR count). The van der Waals surface area contributed by atoms with Crippen LogP contribution < -0.4 is 4.90 Å². The van der Waals surface area contributed by atoms with Gasteiger partial charge in [-0.15, -0.1) is 0 Å². The first-order chi connectivity index (χ1) is 14.5. The van der Waals surface area contributed by atoms with Gasteiger partial charge in [0.25, 0.3) is 0 Å². The number of carbonyl (C=O) groups is 1. The van der Waals surface area contributed by atoms with Crippen molar-refractivity contribution in [1.82, 2.24) is 29.3 Å². The fourth-order valence-electron chi connectivity index (χ4n) is 3.46. The molecule has 0 saturated heterocycles. The van der Waals surface area contributed by atoms with E-state index in [-0.39, 0.29) is 5.56 Å². The number of aromatic carboxylic acids is 1. The molecule has 0 radical (unpaired) electrons. The summed E-state index contributed by atoms with van der Waals surface area (Å²) in [5.41, 5.74) is 2.92. The van der Waals surface area contributed by atoms with E-state index in [0.29, 0.717) is 23.5 Å². The molecule has 9 nitrogen and oxygen atoms in total. The van der Waals surface area contributed by atoms with Gasteiger partial charge in [-0.05, 0) is 38.1 Å². The van der Waals surface area contributed by atoms with Crippen LogP contribution in [0.2, 0.25) is 0 Å².